The Morgan fingerprint density at radius 3 is 2.76 bits per heavy atom. The molecule has 2 aromatic heterocycles. The maximum absolute atomic E-state index is 14.0. The molecule has 2 N–H and O–H groups in total. The van der Waals surface area contributed by atoms with Crippen LogP contribution in [0.25, 0.3) is 11.3 Å². The van der Waals surface area contributed by atoms with E-state index in [9.17, 15) is 9.18 Å². The van der Waals surface area contributed by atoms with Crippen LogP contribution in [-0.4, -0.2) is 27.4 Å². The molecule has 0 saturated carbocycles. The average molecular weight is 535 g/mol. The van der Waals surface area contributed by atoms with Gasteiger partial charge in [-0.15, -0.1) is 0 Å². The molecule has 1 aliphatic heterocycles. The Labute approximate surface area is 224 Å². The number of carbonyl (C=O) groups is 1. The maximum Gasteiger partial charge on any atom is 0.226 e. The minimum absolute atomic E-state index is 0.0998. The molecule has 1 saturated heterocycles. The lowest BCUT2D eigenvalue weighted by molar-refractivity contribution is -0.116. The molecule has 2 aromatic carbocycles. The quantitative estimate of drug-likeness (QED) is 0.266. The van der Waals surface area contributed by atoms with Gasteiger partial charge in [-0.05, 0) is 73.2 Å². The fraction of sp³-hybridized carbons (Fsp3) is 0.179. The zero-order chi connectivity index (χ0) is 25.9. The third-order valence-electron chi connectivity index (χ3n) is 6.31. The van der Waals surface area contributed by atoms with Gasteiger partial charge in [0.2, 0.25) is 5.91 Å². The van der Waals surface area contributed by atoms with E-state index in [0.29, 0.717) is 28.2 Å². The Balaban J connectivity index is 1.42. The summed E-state index contributed by atoms with van der Waals surface area (Å²) in [5.74, 6) is 0.557. The highest BCUT2D eigenvalue weighted by Crippen LogP contribution is 2.41. The summed E-state index contributed by atoms with van der Waals surface area (Å²) < 4.78 is 20.3. The number of anilines is 1. The molecule has 0 unspecified atom stereocenters. The zero-order valence-corrected chi connectivity index (χ0v) is 21.5. The van der Waals surface area contributed by atoms with E-state index >= 15 is 0 Å². The number of benzene rings is 2. The molecule has 0 radical (unpaired) electrons. The summed E-state index contributed by atoms with van der Waals surface area (Å²) in [6.45, 7) is 2.30. The van der Waals surface area contributed by atoms with Gasteiger partial charge in [-0.25, -0.2) is 4.39 Å². The van der Waals surface area contributed by atoms with Crippen LogP contribution in [-0.2, 0) is 4.79 Å². The average Bonchev–Trinajstić information content (AvgIpc) is 3.50. The number of thiocarbonyl (C=S) groups is 1. The molecule has 1 aliphatic rings. The van der Waals surface area contributed by atoms with Crippen LogP contribution < -0.4 is 10.6 Å². The van der Waals surface area contributed by atoms with Crippen LogP contribution in [0.1, 0.15) is 35.5 Å². The van der Waals surface area contributed by atoms with Crippen molar-refractivity contribution in [3.8, 4) is 11.3 Å². The number of nitrogens with one attached hydrogen (secondary N) is 2. The Kier molecular flexibility index (Phi) is 7.21. The highest BCUT2D eigenvalue weighted by Gasteiger charge is 2.41. The monoisotopic (exact) mass is 534 g/mol. The van der Waals surface area contributed by atoms with Gasteiger partial charge in [-0.3, -0.25) is 9.78 Å². The largest absolute Gasteiger partial charge is 0.459 e. The van der Waals surface area contributed by atoms with Crippen molar-refractivity contribution in [2.45, 2.75) is 25.4 Å². The van der Waals surface area contributed by atoms with E-state index in [-0.39, 0.29) is 30.1 Å². The number of aryl methyl sites for hydroxylation is 1. The minimum atomic E-state index is -0.485. The topological polar surface area (TPSA) is 70.4 Å². The van der Waals surface area contributed by atoms with Crippen molar-refractivity contribution >= 4 is 40.5 Å². The molecule has 4 aromatic rings. The highest BCUT2D eigenvalue weighted by atomic mass is 35.5. The lowest BCUT2D eigenvalue weighted by Gasteiger charge is -2.25. The molecule has 0 spiro atoms. The van der Waals surface area contributed by atoms with Crippen molar-refractivity contribution in [2.24, 2.45) is 0 Å². The van der Waals surface area contributed by atoms with E-state index < -0.39 is 5.82 Å². The van der Waals surface area contributed by atoms with E-state index in [1.54, 1.807) is 18.3 Å². The number of para-hydroxylation sites is 1. The Morgan fingerprint density at radius 2 is 1.97 bits per heavy atom. The second-order valence-electron chi connectivity index (χ2n) is 8.76. The molecule has 6 nitrogen and oxygen atoms in total. The van der Waals surface area contributed by atoms with Crippen molar-refractivity contribution in [1.29, 1.82) is 0 Å². The molecule has 0 aliphatic carbocycles. The number of rotatable bonds is 7. The number of hydrogen-bond acceptors (Lipinski definition) is 4. The molecule has 0 bridgehead atoms. The van der Waals surface area contributed by atoms with Crippen molar-refractivity contribution in [1.82, 2.24) is 15.2 Å². The molecular formula is C28H24ClFN4O2S. The number of aromatic nitrogens is 1. The molecule has 2 atom stereocenters. The van der Waals surface area contributed by atoms with E-state index in [0.717, 1.165) is 16.8 Å². The van der Waals surface area contributed by atoms with Gasteiger partial charge in [0.15, 0.2) is 5.11 Å². The Hall–Kier alpha value is -3.75. The van der Waals surface area contributed by atoms with Crippen LogP contribution in [0.5, 0.6) is 0 Å². The number of furan rings is 1. The standard InChI is InChI=1S/C28H24ClFN4O2S/c1-17-9-10-18(29)16-19(17)23-11-12-24(36-23)27-26(22-8-4-5-14-31-22)33-28(37)34(27)15-13-25(35)32-21-7-3-2-6-20(21)30/h2-12,14,16,26-27H,13,15H2,1H3,(H,32,35)(H,33,37)/t26-,27+/m0/s1. The SMILES string of the molecule is Cc1ccc(Cl)cc1-c1ccc([C@@H]2[C@H](c3ccccn3)NC(=S)N2CCC(=O)Nc2ccccc2F)o1. The van der Waals surface area contributed by atoms with Gasteiger partial charge in [0.25, 0.3) is 0 Å². The van der Waals surface area contributed by atoms with E-state index in [2.05, 4.69) is 15.6 Å². The second-order valence-corrected chi connectivity index (χ2v) is 9.58. The van der Waals surface area contributed by atoms with Gasteiger partial charge in [0, 0.05) is 29.7 Å². The molecule has 5 rings (SSSR count). The molecular weight excluding hydrogens is 511 g/mol. The summed E-state index contributed by atoms with van der Waals surface area (Å²) >= 11 is 11.9. The summed E-state index contributed by atoms with van der Waals surface area (Å²) in [6.07, 6.45) is 1.83. The molecule has 9 heteroatoms. The fourth-order valence-corrected chi connectivity index (χ4v) is 4.97. The predicted molar refractivity (Wildman–Crippen MR) is 146 cm³/mol. The van der Waals surface area contributed by atoms with Crippen LogP contribution in [0.15, 0.2) is 83.4 Å². The van der Waals surface area contributed by atoms with E-state index in [1.807, 2.05) is 60.4 Å². The first-order valence-corrected chi connectivity index (χ1v) is 12.6. The van der Waals surface area contributed by atoms with Gasteiger partial charge in [-0.1, -0.05) is 35.9 Å². The van der Waals surface area contributed by atoms with Gasteiger partial charge < -0.3 is 20.0 Å². The minimum Gasteiger partial charge on any atom is -0.459 e. The molecule has 1 amide bonds. The third-order valence-corrected chi connectivity index (χ3v) is 6.90. The molecule has 37 heavy (non-hydrogen) atoms. The number of carbonyl (C=O) groups excluding carboxylic acids is 1. The first-order chi connectivity index (χ1) is 17.9. The Morgan fingerprint density at radius 1 is 1.16 bits per heavy atom. The van der Waals surface area contributed by atoms with Gasteiger partial charge in [0.1, 0.15) is 23.4 Å². The van der Waals surface area contributed by atoms with Crippen molar-refractivity contribution < 1.29 is 13.6 Å². The first-order valence-electron chi connectivity index (χ1n) is 11.8. The van der Waals surface area contributed by atoms with Crippen LogP contribution in [0.3, 0.4) is 0 Å². The summed E-state index contributed by atoms with van der Waals surface area (Å²) in [5.41, 5.74) is 2.88. The van der Waals surface area contributed by atoms with Crippen molar-refractivity contribution in [2.75, 3.05) is 11.9 Å². The van der Waals surface area contributed by atoms with Crippen molar-refractivity contribution in [3.63, 3.8) is 0 Å². The first kappa shape index (κ1) is 24.9. The number of nitrogens with zero attached hydrogens (tertiary/aromatic N) is 2. The van der Waals surface area contributed by atoms with Gasteiger partial charge in [0.05, 0.1) is 17.4 Å². The number of pyridine rings is 1. The van der Waals surface area contributed by atoms with Crippen LogP contribution in [0.4, 0.5) is 10.1 Å². The zero-order valence-electron chi connectivity index (χ0n) is 19.9. The Bertz CT molecular complexity index is 1450. The third kappa shape index (κ3) is 5.35. The van der Waals surface area contributed by atoms with Crippen LogP contribution in [0.2, 0.25) is 5.02 Å². The van der Waals surface area contributed by atoms with Gasteiger partial charge >= 0.3 is 0 Å². The van der Waals surface area contributed by atoms with E-state index in [1.165, 1.54) is 12.1 Å². The summed E-state index contributed by atoms with van der Waals surface area (Å²) in [6, 6.07) is 20.6. The summed E-state index contributed by atoms with van der Waals surface area (Å²) in [5, 5.41) is 7.08. The maximum atomic E-state index is 14.0. The molecule has 188 valence electrons. The lowest BCUT2D eigenvalue weighted by atomic mass is 10.0. The number of halogens is 2. The summed E-state index contributed by atoms with van der Waals surface area (Å²) in [4.78, 5) is 19.1. The smallest absolute Gasteiger partial charge is 0.226 e. The van der Waals surface area contributed by atoms with Gasteiger partial charge in [-0.2, -0.15) is 0 Å². The highest BCUT2D eigenvalue weighted by molar-refractivity contribution is 7.80. The predicted octanol–water partition coefficient (Wildman–Crippen LogP) is 6.44. The van der Waals surface area contributed by atoms with Crippen LogP contribution >= 0.6 is 23.8 Å². The normalized spacial score (nSPS) is 17.1. The fourth-order valence-electron chi connectivity index (χ4n) is 4.47. The van der Waals surface area contributed by atoms with Crippen molar-refractivity contribution in [3.05, 3.63) is 107 Å². The second kappa shape index (κ2) is 10.7. The lowest BCUT2D eigenvalue weighted by Crippen LogP contribution is -2.32. The number of hydrogen-bond donors (Lipinski definition) is 2. The summed E-state index contributed by atoms with van der Waals surface area (Å²) in [7, 11) is 0. The van der Waals surface area contributed by atoms with Crippen LogP contribution in [0, 0.1) is 12.7 Å². The molecule has 1 fully saturated rings. The molecule has 3 heterocycles. The number of amides is 1. The van der Waals surface area contributed by atoms with E-state index in [4.69, 9.17) is 28.2 Å².